The molecule has 0 atom stereocenters. The Hall–Kier alpha value is -3.36. The molecule has 1 aromatic carbocycles. The molecule has 1 amide bonds. The van der Waals surface area contributed by atoms with Crippen molar-refractivity contribution in [2.45, 2.75) is 6.54 Å². The molecule has 1 N–H and O–H groups in total. The van der Waals surface area contributed by atoms with Gasteiger partial charge in [0.25, 0.3) is 11.6 Å². The number of hydrogen-bond acceptors (Lipinski definition) is 7. The predicted molar refractivity (Wildman–Crippen MR) is 80.5 cm³/mol. The highest BCUT2D eigenvalue weighted by Crippen LogP contribution is 2.18. The van der Waals surface area contributed by atoms with Gasteiger partial charge in [-0.1, -0.05) is 6.07 Å². The van der Waals surface area contributed by atoms with Gasteiger partial charge in [-0.05, 0) is 18.2 Å². The van der Waals surface area contributed by atoms with Crippen LogP contribution in [0.2, 0.25) is 0 Å². The van der Waals surface area contributed by atoms with Crippen LogP contribution in [0.1, 0.15) is 16.3 Å². The molecule has 126 valence electrons. The van der Waals surface area contributed by atoms with Crippen molar-refractivity contribution in [3.63, 3.8) is 0 Å². The van der Waals surface area contributed by atoms with Crippen molar-refractivity contribution in [3.8, 4) is 5.75 Å². The smallest absolute Gasteiger partial charge is 0.373 e. The van der Waals surface area contributed by atoms with Crippen molar-refractivity contribution in [2.75, 3.05) is 13.7 Å². The zero-order valence-corrected chi connectivity index (χ0v) is 12.7. The number of nitro groups is 1. The SMILES string of the molecule is COC(=O)c1ccc(CNC(=O)COc2cccc([N+](=O)[O-])c2)o1. The van der Waals surface area contributed by atoms with Crippen molar-refractivity contribution in [2.24, 2.45) is 0 Å². The Labute approximate surface area is 136 Å². The normalized spacial score (nSPS) is 10.0. The number of non-ortho nitro benzene ring substituents is 1. The van der Waals surface area contributed by atoms with Crippen LogP contribution >= 0.6 is 0 Å². The number of nitrogens with one attached hydrogen (secondary N) is 1. The average molecular weight is 334 g/mol. The fourth-order valence-corrected chi connectivity index (χ4v) is 1.76. The quantitative estimate of drug-likeness (QED) is 0.464. The number of amides is 1. The molecule has 0 aliphatic heterocycles. The van der Waals surface area contributed by atoms with Gasteiger partial charge < -0.3 is 19.2 Å². The maximum Gasteiger partial charge on any atom is 0.373 e. The van der Waals surface area contributed by atoms with Gasteiger partial charge in [0.05, 0.1) is 24.6 Å². The van der Waals surface area contributed by atoms with E-state index in [4.69, 9.17) is 9.15 Å². The molecule has 9 heteroatoms. The van der Waals surface area contributed by atoms with Gasteiger partial charge in [-0.15, -0.1) is 0 Å². The maximum atomic E-state index is 11.7. The number of nitro benzene ring substituents is 1. The Morgan fingerprint density at radius 2 is 2.08 bits per heavy atom. The summed E-state index contributed by atoms with van der Waals surface area (Å²) >= 11 is 0. The lowest BCUT2D eigenvalue weighted by Gasteiger charge is -2.06. The molecular formula is C15H14N2O7. The molecule has 2 aromatic rings. The van der Waals surface area contributed by atoms with E-state index in [-0.39, 0.29) is 30.3 Å². The molecule has 0 bridgehead atoms. The summed E-state index contributed by atoms with van der Waals surface area (Å²) in [6.45, 7) is -0.250. The molecule has 2 rings (SSSR count). The summed E-state index contributed by atoms with van der Waals surface area (Å²) in [5.41, 5.74) is -0.126. The highest BCUT2D eigenvalue weighted by molar-refractivity contribution is 5.86. The predicted octanol–water partition coefficient (Wildman–Crippen LogP) is 1.67. The van der Waals surface area contributed by atoms with Crippen LogP contribution in [0, 0.1) is 10.1 Å². The lowest BCUT2D eigenvalue weighted by Crippen LogP contribution is -2.28. The first-order chi connectivity index (χ1) is 11.5. The minimum absolute atomic E-state index is 0.0367. The second kappa shape index (κ2) is 7.77. The lowest BCUT2D eigenvalue weighted by atomic mass is 10.3. The standard InChI is InChI=1S/C15H14N2O7/c1-22-15(19)13-6-5-12(24-13)8-16-14(18)9-23-11-4-2-3-10(7-11)17(20)21/h2-7H,8-9H2,1H3,(H,16,18). The average Bonchev–Trinajstić information content (AvgIpc) is 3.06. The lowest BCUT2D eigenvalue weighted by molar-refractivity contribution is -0.384. The molecule has 24 heavy (non-hydrogen) atoms. The summed E-state index contributed by atoms with van der Waals surface area (Å²) in [7, 11) is 1.23. The molecule has 0 unspecified atom stereocenters. The number of methoxy groups -OCH3 is 1. The van der Waals surface area contributed by atoms with Gasteiger partial charge in [-0.25, -0.2) is 4.79 Å². The highest BCUT2D eigenvalue weighted by Gasteiger charge is 2.12. The third-order valence-corrected chi connectivity index (χ3v) is 2.91. The van der Waals surface area contributed by atoms with Crippen LogP contribution in [0.4, 0.5) is 5.69 Å². The first-order valence-corrected chi connectivity index (χ1v) is 6.80. The number of carbonyl (C=O) groups is 2. The third kappa shape index (κ3) is 4.57. The number of rotatable bonds is 7. The topological polar surface area (TPSA) is 121 Å². The first-order valence-electron chi connectivity index (χ1n) is 6.80. The minimum atomic E-state index is -0.610. The van der Waals surface area contributed by atoms with Crippen LogP contribution in [0.15, 0.2) is 40.8 Å². The van der Waals surface area contributed by atoms with Crippen molar-refractivity contribution in [1.82, 2.24) is 5.32 Å². The zero-order valence-electron chi connectivity index (χ0n) is 12.7. The van der Waals surface area contributed by atoms with E-state index in [0.717, 1.165) is 0 Å². The summed E-state index contributed by atoms with van der Waals surface area (Å²) in [5, 5.41) is 13.2. The summed E-state index contributed by atoms with van der Waals surface area (Å²) in [4.78, 5) is 33.0. The van der Waals surface area contributed by atoms with E-state index in [1.807, 2.05) is 0 Å². The molecule has 0 aliphatic carbocycles. The van der Waals surface area contributed by atoms with Crippen LogP contribution in [-0.2, 0) is 16.1 Å². The first kappa shape index (κ1) is 17.0. The molecule has 0 fully saturated rings. The Bertz CT molecular complexity index is 754. The molecule has 0 spiro atoms. The molecule has 9 nitrogen and oxygen atoms in total. The number of benzene rings is 1. The number of hydrogen-bond donors (Lipinski definition) is 1. The van der Waals surface area contributed by atoms with E-state index in [2.05, 4.69) is 10.1 Å². The summed E-state index contributed by atoms with van der Waals surface area (Å²) in [5.74, 6) is -0.432. The van der Waals surface area contributed by atoms with E-state index in [0.29, 0.717) is 5.76 Å². The fourth-order valence-electron chi connectivity index (χ4n) is 1.76. The number of carbonyl (C=O) groups excluding carboxylic acids is 2. The van der Waals surface area contributed by atoms with E-state index in [9.17, 15) is 19.7 Å². The monoisotopic (exact) mass is 334 g/mol. The van der Waals surface area contributed by atoms with Gasteiger partial charge >= 0.3 is 5.97 Å². The fraction of sp³-hybridized carbons (Fsp3) is 0.200. The van der Waals surface area contributed by atoms with Crippen LogP contribution in [0.3, 0.4) is 0 Å². The minimum Gasteiger partial charge on any atom is -0.484 e. The van der Waals surface area contributed by atoms with E-state index >= 15 is 0 Å². The number of esters is 1. The Morgan fingerprint density at radius 3 is 2.79 bits per heavy atom. The van der Waals surface area contributed by atoms with Gasteiger partial charge in [0.15, 0.2) is 6.61 Å². The molecule has 0 radical (unpaired) electrons. The van der Waals surface area contributed by atoms with Crippen molar-refractivity contribution in [3.05, 3.63) is 58.0 Å². The Balaban J connectivity index is 1.81. The number of furan rings is 1. The van der Waals surface area contributed by atoms with Gasteiger partial charge in [-0.3, -0.25) is 14.9 Å². The van der Waals surface area contributed by atoms with Crippen molar-refractivity contribution >= 4 is 17.6 Å². The molecule has 0 saturated carbocycles. The second-order valence-corrected chi connectivity index (χ2v) is 4.58. The van der Waals surface area contributed by atoms with Gasteiger partial charge in [0.1, 0.15) is 11.5 Å². The summed E-state index contributed by atoms with van der Waals surface area (Å²) in [6, 6.07) is 8.49. The zero-order chi connectivity index (χ0) is 17.5. The summed E-state index contributed by atoms with van der Waals surface area (Å²) in [6.07, 6.45) is 0. The van der Waals surface area contributed by atoms with Gasteiger partial charge in [0, 0.05) is 6.07 Å². The van der Waals surface area contributed by atoms with Gasteiger partial charge in [0.2, 0.25) is 5.76 Å². The van der Waals surface area contributed by atoms with Crippen LogP contribution in [-0.4, -0.2) is 30.5 Å². The largest absolute Gasteiger partial charge is 0.484 e. The maximum absolute atomic E-state index is 11.7. The van der Waals surface area contributed by atoms with E-state index in [1.165, 1.54) is 43.5 Å². The molecule has 0 saturated heterocycles. The molecular weight excluding hydrogens is 320 g/mol. The van der Waals surface area contributed by atoms with Crippen molar-refractivity contribution in [1.29, 1.82) is 0 Å². The number of ether oxygens (including phenoxy) is 2. The van der Waals surface area contributed by atoms with E-state index in [1.54, 1.807) is 0 Å². The van der Waals surface area contributed by atoms with Crippen molar-refractivity contribution < 1.29 is 28.4 Å². The number of nitrogens with zero attached hydrogens (tertiary/aromatic N) is 1. The van der Waals surface area contributed by atoms with Crippen LogP contribution < -0.4 is 10.1 Å². The Morgan fingerprint density at radius 1 is 1.29 bits per heavy atom. The van der Waals surface area contributed by atoms with E-state index < -0.39 is 16.8 Å². The van der Waals surface area contributed by atoms with Gasteiger partial charge in [-0.2, -0.15) is 0 Å². The second-order valence-electron chi connectivity index (χ2n) is 4.58. The highest BCUT2D eigenvalue weighted by atomic mass is 16.6. The van der Waals surface area contributed by atoms with Crippen LogP contribution in [0.25, 0.3) is 0 Å². The summed E-state index contributed by atoms with van der Waals surface area (Å²) < 4.78 is 14.9. The third-order valence-electron chi connectivity index (χ3n) is 2.91. The van der Waals surface area contributed by atoms with Crippen LogP contribution in [0.5, 0.6) is 5.75 Å². The molecule has 1 heterocycles. The molecule has 0 aliphatic rings. The Kier molecular flexibility index (Phi) is 5.50. The molecule has 1 aromatic heterocycles.